The number of rotatable bonds is 5. The summed E-state index contributed by atoms with van der Waals surface area (Å²) in [7, 11) is 1.67. The first kappa shape index (κ1) is 14.7. The number of carbonyl (C=O) groups is 1. The van der Waals surface area contributed by atoms with Gasteiger partial charge in [0.15, 0.2) is 0 Å². The maximum atomic E-state index is 12.3. The second kappa shape index (κ2) is 6.28. The summed E-state index contributed by atoms with van der Waals surface area (Å²) in [5.74, 6) is 3.17. The molecule has 0 bridgehead atoms. The van der Waals surface area contributed by atoms with Crippen molar-refractivity contribution in [1.29, 1.82) is 0 Å². The van der Waals surface area contributed by atoms with Crippen LogP contribution in [0.3, 0.4) is 0 Å². The summed E-state index contributed by atoms with van der Waals surface area (Å²) in [6.07, 6.45) is 2.59. The number of methoxy groups -OCH3 is 1. The van der Waals surface area contributed by atoms with Crippen molar-refractivity contribution in [1.82, 2.24) is 10.6 Å². The summed E-state index contributed by atoms with van der Waals surface area (Å²) >= 11 is 1.92. The maximum absolute atomic E-state index is 12.3. The van der Waals surface area contributed by atoms with Gasteiger partial charge in [0.1, 0.15) is 5.75 Å². The molecule has 1 aromatic rings. The van der Waals surface area contributed by atoms with Crippen molar-refractivity contribution in [2.24, 2.45) is 0 Å². The van der Waals surface area contributed by atoms with Crippen molar-refractivity contribution in [3.63, 3.8) is 0 Å². The van der Waals surface area contributed by atoms with Crippen molar-refractivity contribution in [2.45, 2.75) is 30.8 Å². The van der Waals surface area contributed by atoms with E-state index >= 15 is 0 Å². The fourth-order valence-electron chi connectivity index (χ4n) is 2.82. The van der Waals surface area contributed by atoms with Crippen LogP contribution in [0.1, 0.15) is 24.8 Å². The number of ether oxygens (including phenoxy) is 1. The van der Waals surface area contributed by atoms with Crippen LogP contribution in [0.25, 0.3) is 0 Å². The van der Waals surface area contributed by atoms with E-state index in [1.54, 1.807) is 7.11 Å². The number of thioether (sulfide) groups is 1. The lowest BCUT2D eigenvalue weighted by Crippen LogP contribution is -2.43. The Hall–Kier alpha value is -1.20. The molecule has 1 heterocycles. The molecule has 1 saturated heterocycles. The Labute approximate surface area is 130 Å². The molecule has 2 fully saturated rings. The Balaban J connectivity index is 1.61. The highest BCUT2D eigenvalue weighted by Crippen LogP contribution is 2.46. The highest BCUT2D eigenvalue weighted by Gasteiger charge is 2.45. The Morgan fingerprint density at radius 2 is 2.38 bits per heavy atom. The Morgan fingerprint density at radius 1 is 1.52 bits per heavy atom. The molecule has 0 radical (unpaired) electrons. The third-order valence-corrected chi connectivity index (χ3v) is 5.31. The van der Waals surface area contributed by atoms with E-state index in [2.05, 4.69) is 16.7 Å². The van der Waals surface area contributed by atoms with Gasteiger partial charge in [-0.25, -0.2) is 0 Å². The molecule has 2 N–H and O–H groups in total. The summed E-state index contributed by atoms with van der Waals surface area (Å²) in [6, 6.07) is 8.33. The van der Waals surface area contributed by atoms with Crippen LogP contribution in [0.5, 0.6) is 5.75 Å². The van der Waals surface area contributed by atoms with E-state index in [0.29, 0.717) is 12.5 Å². The zero-order valence-electron chi connectivity index (χ0n) is 12.4. The summed E-state index contributed by atoms with van der Waals surface area (Å²) in [6.45, 7) is 1.00. The van der Waals surface area contributed by atoms with Crippen LogP contribution in [0.15, 0.2) is 24.3 Å². The largest absolute Gasteiger partial charge is 0.497 e. The molecule has 4 nitrogen and oxygen atoms in total. The third-order valence-electron chi connectivity index (χ3n) is 4.18. The van der Waals surface area contributed by atoms with Crippen LogP contribution >= 0.6 is 11.8 Å². The fraction of sp³-hybridized carbons (Fsp3) is 0.562. The molecule has 1 aliphatic heterocycles. The SMILES string of the molecule is COc1cccc(C2(NC(=O)C[C@@H]3CSCCN3)CC2)c1. The fourth-order valence-corrected chi connectivity index (χ4v) is 3.77. The average Bonchev–Trinajstić information content (AvgIpc) is 3.29. The van der Waals surface area contributed by atoms with Gasteiger partial charge in [0.2, 0.25) is 5.91 Å². The molecule has 5 heteroatoms. The summed E-state index contributed by atoms with van der Waals surface area (Å²) in [5.41, 5.74) is 0.995. The molecule has 1 aliphatic carbocycles. The van der Waals surface area contributed by atoms with Gasteiger partial charge in [-0.2, -0.15) is 11.8 Å². The number of hydrogen-bond donors (Lipinski definition) is 2. The summed E-state index contributed by atoms with van der Waals surface area (Å²) in [5, 5.41) is 6.65. The number of hydrogen-bond acceptors (Lipinski definition) is 4. The zero-order valence-corrected chi connectivity index (χ0v) is 13.2. The molecular weight excluding hydrogens is 284 g/mol. The summed E-state index contributed by atoms with van der Waals surface area (Å²) in [4.78, 5) is 12.3. The van der Waals surface area contributed by atoms with Crippen LogP contribution < -0.4 is 15.4 Å². The normalized spacial score (nSPS) is 23.4. The molecule has 1 aromatic carbocycles. The van der Waals surface area contributed by atoms with Crippen LogP contribution in [0.2, 0.25) is 0 Å². The monoisotopic (exact) mass is 306 g/mol. The van der Waals surface area contributed by atoms with Crippen molar-refractivity contribution in [3.8, 4) is 5.75 Å². The molecule has 0 aromatic heterocycles. The smallest absolute Gasteiger partial charge is 0.222 e. The van der Waals surface area contributed by atoms with Gasteiger partial charge in [-0.15, -0.1) is 0 Å². The molecule has 0 unspecified atom stereocenters. The first-order valence-corrected chi connectivity index (χ1v) is 8.64. The van der Waals surface area contributed by atoms with E-state index < -0.39 is 0 Å². The molecule has 1 atom stereocenters. The number of amides is 1. The topological polar surface area (TPSA) is 50.4 Å². The van der Waals surface area contributed by atoms with Gasteiger partial charge in [0.05, 0.1) is 12.6 Å². The van der Waals surface area contributed by atoms with Crippen LogP contribution in [0, 0.1) is 0 Å². The zero-order chi connectivity index (χ0) is 14.7. The van der Waals surface area contributed by atoms with E-state index in [1.165, 1.54) is 0 Å². The van der Waals surface area contributed by atoms with Crippen LogP contribution in [-0.4, -0.2) is 37.1 Å². The average molecular weight is 306 g/mol. The maximum Gasteiger partial charge on any atom is 0.222 e. The third kappa shape index (κ3) is 3.52. The van der Waals surface area contributed by atoms with Gasteiger partial charge in [0, 0.05) is 30.5 Å². The minimum Gasteiger partial charge on any atom is -0.497 e. The van der Waals surface area contributed by atoms with Crippen LogP contribution in [0.4, 0.5) is 0 Å². The second-order valence-corrected chi connectivity index (χ2v) is 6.94. The lowest BCUT2D eigenvalue weighted by molar-refractivity contribution is -0.122. The highest BCUT2D eigenvalue weighted by molar-refractivity contribution is 7.99. The van der Waals surface area contributed by atoms with E-state index in [1.807, 2.05) is 30.0 Å². The molecule has 2 aliphatic rings. The van der Waals surface area contributed by atoms with Gasteiger partial charge in [-0.05, 0) is 30.5 Å². The van der Waals surface area contributed by atoms with Crippen molar-refractivity contribution < 1.29 is 9.53 Å². The standard InChI is InChI=1S/C16H22N2O2S/c1-20-14-4-2-3-12(9-14)16(5-6-16)18-15(19)10-13-11-21-8-7-17-13/h2-4,9,13,17H,5-8,10-11H2,1H3,(H,18,19)/t13-/m1/s1. The van der Waals surface area contributed by atoms with Crippen molar-refractivity contribution in [2.75, 3.05) is 25.2 Å². The number of carbonyl (C=O) groups excluding carboxylic acids is 1. The van der Waals surface area contributed by atoms with E-state index in [0.717, 1.165) is 42.2 Å². The first-order valence-electron chi connectivity index (χ1n) is 7.48. The lowest BCUT2D eigenvalue weighted by Gasteiger charge is -2.24. The van der Waals surface area contributed by atoms with Crippen LogP contribution in [-0.2, 0) is 10.3 Å². The quantitative estimate of drug-likeness (QED) is 0.872. The first-order chi connectivity index (χ1) is 10.2. The van der Waals surface area contributed by atoms with Gasteiger partial charge in [-0.1, -0.05) is 12.1 Å². The highest BCUT2D eigenvalue weighted by atomic mass is 32.2. The number of nitrogens with one attached hydrogen (secondary N) is 2. The van der Waals surface area contributed by atoms with Crippen molar-refractivity contribution in [3.05, 3.63) is 29.8 Å². The van der Waals surface area contributed by atoms with Crippen molar-refractivity contribution >= 4 is 17.7 Å². The Morgan fingerprint density at radius 3 is 3.05 bits per heavy atom. The Bertz CT molecular complexity index is 511. The molecule has 1 amide bonds. The molecule has 114 valence electrons. The minimum atomic E-state index is -0.159. The molecule has 21 heavy (non-hydrogen) atoms. The molecule has 1 saturated carbocycles. The molecular formula is C16H22N2O2S. The van der Waals surface area contributed by atoms with E-state index in [-0.39, 0.29) is 11.4 Å². The molecule has 0 spiro atoms. The van der Waals surface area contributed by atoms with E-state index in [9.17, 15) is 4.79 Å². The predicted molar refractivity (Wildman–Crippen MR) is 85.8 cm³/mol. The number of benzene rings is 1. The lowest BCUT2D eigenvalue weighted by atomic mass is 10.0. The van der Waals surface area contributed by atoms with Gasteiger partial charge in [0.25, 0.3) is 0 Å². The van der Waals surface area contributed by atoms with Gasteiger partial charge < -0.3 is 15.4 Å². The minimum absolute atomic E-state index is 0.148. The Kier molecular flexibility index (Phi) is 4.40. The van der Waals surface area contributed by atoms with Gasteiger partial charge in [-0.3, -0.25) is 4.79 Å². The second-order valence-electron chi connectivity index (χ2n) is 5.79. The predicted octanol–water partition coefficient (Wildman–Crippen LogP) is 1.90. The molecule has 3 rings (SSSR count). The summed E-state index contributed by atoms with van der Waals surface area (Å²) < 4.78 is 5.28. The van der Waals surface area contributed by atoms with Gasteiger partial charge >= 0.3 is 0 Å². The van der Waals surface area contributed by atoms with E-state index in [4.69, 9.17) is 4.74 Å².